The van der Waals surface area contributed by atoms with E-state index in [1.165, 1.54) is 0 Å². The number of aromatic amines is 1. The van der Waals surface area contributed by atoms with E-state index < -0.39 is 0 Å². The normalized spacial score (nSPS) is 10.5. The molecular formula is C9H9N3O. The molecule has 0 saturated heterocycles. The van der Waals surface area contributed by atoms with Crippen molar-refractivity contribution < 1.29 is 4.79 Å². The lowest BCUT2D eigenvalue weighted by molar-refractivity contribution is 0.100. The lowest BCUT2D eigenvalue weighted by Crippen LogP contribution is -2.12. The van der Waals surface area contributed by atoms with E-state index in [1.807, 2.05) is 6.07 Å². The van der Waals surface area contributed by atoms with E-state index in [-0.39, 0.29) is 12.3 Å². The van der Waals surface area contributed by atoms with Crippen molar-refractivity contribution in [2.45, 2.75) is 0 Å². The monoisotopic (exact) mass is 175 g/mol. The van der Waals surface area contributed by atoms with Gasteiger partial charge in [-0.3, -0.25) is 9.78 Å². The number of hydrogen-bond acceptors (Lipinski definition) is 3. The molecule has 3 N–H and O–H groups in total. The van der Waals surface area contributed by atoms with E-state index in [2.05, 4.69) is 9.97 Å². The Morgan fingerprint density at radius 1 is 1.62 bits per heavy atom. The molecule has 2 heterocycles. The SMILES string of the molecule is NCC(=O)c1c[nH]c2ccncc12. The van der Waals surface area contributed by atoms with E-state index in [0.29, 0.717) is 5.56 Å². The Morgan fingerprint density at radius 3 is 3.23 bits per heavy atom. The van der Waals surface area contributed by atoms with E-state index in [0.717, 1.165) is 10.9 Å². The van der Waals surface area contributed by atoms with Crippen LogP contribution in [0.2, 0.25) is 0 Å². The highest BCUT2D eigenvalue weighted by Crippen LogP contribution is 2.16. The van der Waals surface area contributed by atoms with Gasteiger partial charge in [0.05, 0.1) is 6.54 Å². The summed E-state index contributed by atoms with van der Waals surface area (Å²) in [4.78, 5) is 18.3. The number of nitrogens with one attached hydrogen (secondary N) is 1. The summed E-state index contributed by atoms with van der Waals surface area (Å²) in [5.74, 6) is -0.0701. The number of Topliss-reactive ketones (excluding diaryl/α,β-unsaturated/α-hetero) is 1. The van der Waals surface area contributed by atoms with Crippen molar-refractivity contribution in [3.8, 4) is 0 Å². The number of pyridine rings is 1. The molecule has 0 radical (unpaired) electrons. The zero-order valence-electron chi connectivity index (χ0n) is 6.95. The number of fused-ring (bicyclic) bond motifs is 1. The molecule has 66 valence electrons. The maximum atomic E-state index is 11.3. The van der Waals surface area contributed by atoms with Crippen LogP contribution < -0.4 is 5.73 Å². The minimum atomic E-state index is -0.0701. The standard InChI is InChI=1S/C9H9N3O/c10-3-9(13)7-5-12-8-1-2-11-4-6(7)8/h1-2,4-5,12H,3,10H2. The Morgan fingerprint density at radius 2 is 2.46 bits per heavy atom. The average Bonchev–Trinajstić information content (AvgIpc) is 2.60. The highest BCUT2D eigenvalue weighted by atomic mass is 16.1. The van der Waals surface area contributed by atoms with Gasteiger partial charge in [-0.05, 0) is 6.07 Å². The Labute approximate surface area is 74.8 Å². The summed E-state index contributed by atoms with van der Waals surface area (Å²) in [7, 11) is 0. The van der Waals surface area contributed by atoms with Crippen LogP contribution in [-0.2, 0) is 0 Å². The van der Waals surface area contributed by atoms with Crippen molar-refractivity contribution in [1.29, 1.82) is 0 Å². The molecule has 0 amide bonds. The number of nitrogens with two attached hydrogens (primary N) is 1. The molecule has 0 atom stereocenters. The summed E-state index contributed by atoms with van der Waals surface area (Å²) in [6, 6.07) is 1.82. The van der Waals surface area contributed by atoms with Crippen LogP contribution in [-0.4, -0.2) is 22.3 Å². The molecule has 2 aromatic rings. The molecule has 0 saturated carbocycles. The third kappa shape index (κ3) is 1.21. The van der Waals surface area contributed by atoms with Crippen LogP contribution in [0, 0.1) is 0 Å². The number of H-pyrrole nitrogens is 1. The number of carbonyl (C=O) groups excluding carboxylic acids is 1. The van der Waals surface area contributed by atoms with Gasteiger partial charge in [-0.15, -0.1) is 0 Å². The van der Waals surface area contributed by atoms with Gasteiger partial charge >= 0.3 is 0 Å². The predicted molar refractivity (Wildman–Crippen MR) is 49.5 cm³/mol. The first-order chi connectivity index (χ1) is 6.33. The fraction of sp³-hybridized carbons (Fsp3) is 0.111. The number of ketones is 1. The molecule has 0 aliphatic rings. The van der Waals surface area contributed by atoms with Crippen molar-refractivity contribution in [3.63, 3.8) is 0 Å². The highest BCUT2D eigenvalue weighted by Gasteiger charge is 2.09. The van der Waals surface area contributed by atoms with E-state index in [4.69, 9.17) is 5.73 Å². The van der Waals surface area contributed by atoms with Crippen molar-refractivity contribution in [2.24, 2.45) is 5.73 Å². The first-order valence-corrected chi connectivity index (χ1v) is 3.97. The van der Waals surface area contributed by atoms with Gasteiger partial charge in [0.1, 0.15) is 0 Å². The van der Waals surface area contributed by atoms with Crippen LogP contribution in [0.1, 0.15) is 10.4 Å². The highest BCUT2D eigenvalue weighted by molar-refractivity contribution is 6.08. The van der Waals surface area contributed by atoms with Crippen molar-refractivity contribution in [1.82, 2.24) is 9.97 Å². The van der Waals surface area contributed by atoms with Crippen molar-refractivity contribution in [2.75, 3.05) is 6.54 Å². The molecular weight excluding hydrogens is 166 g/mol. The fourth-order valence-corrected chi connectivity index (χ4v) is 1.30. The molecule has 0 aliphatic carbocycles. The maximum absolute atomic E-state index is 11.3. The van der Waals surface area contributed by atoms with Gasteiger partial charge in [-0.2, -0.15) is 0 Å². The summed E-state index contributed by atoms with van der Waals surface area (Å²) in [5, 5.41) is 0.831. The first-order valence-electron chi connectivity index (χ1n) is 3.97. The number of nitrogens with zero attached hydrogens (tertiary/aromatic N) is 1. The Bertz CT molecular complexity index is 447. The minimum absolute atomic E-state index is 0.0296. The predicted octanol–water partition coefficient (Wildman–Crippen LogP) is 0.704. The van der Waals surface area contributed by atoms with Crippen LogP contribution >= 0.6 is 0 Å². The van der Waals surface area contributed by atoms with Crippen LogP contribution in [0.3, 0.4) is 0 Å². The molecule has 0 unspecified atom stereocenters. The molecule has 2 rings (SSSR count). The van der Waals surface area contributed by atoms with Crippen LogP contribution in [0.25, 0.3) is 10.9 Å². The van der Waals surface area contributed by atoms with E-state index in [9.17, 15) is 4.79 Å². The molecule has 4 heteroatoms. The van der Waals surface area contributed by atoms with Crippen LogP contribution in [0.15, 0.2) is 24.7 Å². The lowest BCUT2D eigenvalue weighted by atomic mass is 10.1. The Balaban J connectivity index is 2.64. The second-order valence-electron chi connectivity index (χ2n) is 2.75. The first kappa shape index (κ1) is 7.94. The fourth-order valence-electron chi connectivity index (χ4n) is 1.30. The van der Waals surface area contributed by atoms with Crippen molar-refractivity contribution >= 4 is 16.7 Å². The molecule has 0 fully saturated rings. The topological polar surface area (TPSA) is 71.8 Å². The third-order valence-corrected chi connectivity index (χ3v) is 1.97. The molecule has 0 aliphatic heterocycles. The Kier molecular flexibility index (Phi) is 1.83. The summed E-state index contributed by atoms with van der Waals surface area (Å²) in [5.41, 5.74) is 6.80. The number of rotatable bonds is 2. The van der Waals surface area contributed by atoms with Crippen LogP contribution in [0.5, 0.6) is 0 Å². The van der Waals surface area contributed by atoms with Gasteiger partial charge in [0.15, 0.2) is 5.78 Å². The van der Waals surface area contributed by atoms with Crippen molar-refractivity contribution in [3.05, 3.63) is 30.2 Å². The zero-order chi connectivity index (χ0) is 9.26. The summed E-state index contributed by atoms with van der Waals surface area (Å²) in [6.07, 6.45) is 5.01. The van der Waals surface area contributed by atoms with Gasteiger partial charge < -0.3 is 10.7 Å². The average molecular weight is 175 g/mol. The molecule has 13 heavy (non-hydrogen) atoms. The number of aromatic nitrogens is 2. The molecule has 4 nitrogen and oxygen atoms in total. The van der Waals surface area contributed by atoms with Gasteiger partial charge in [-0.25, -0.2) is 0 Å². The number of hydrogen-bond donors (Lipinski definition) is 2. The number of carbonyl (C=O) groups is 1. The van der Waals surface area contributed by atoms with E-state index >= 15 is 0 Å². The van der Waals surface area contributed by atoms with Gasteiger partial charge in [0, 0.05) is 35.1 Å². The van der Waals surface area contributed by atoms with Gasteiger partial charge in [0.25, 0.3) is 0 Å². The van der Waals surface area contributed by atoms with Gasteiger partial charge in [0.2, 0.25) is 0 Å². The second kappa shape index (κ2) is 2.99. The van der Waals surface area contributed by atoms with E-state index in [1.54, 1.807) is 18.6 Å². The molecule has 0 aromatic carbocycles. The summed E-state index contributed by atoms with van der Waals surface area (Å²) >= 11 is 0. The lowest BCUT2D eigenvalue weighted by Gasteiger charge is -1.93. The summed E-state index contributed by atoms with van der Waals surface area (Å²) < 4.78 is 0. The second-order valence-corrected chi connectivity index (χ2v) is 2.75. The summed E-state index contributed by atoms with van der Waals surface area (Å²) in [6.45, 7) is 0.0296. The van der Waals surface area contributed by atoms with Crippen LogP contribution in [0.4, 0.5) is 0 Å². The Hall–Kier alpha value is -1.68. The van der Waals surface area contributed by atoms with Gasteiger partial charge in [-0.1, -0.05) is 0 Å². The molecule has 0 bridgehead atoms. The molecule has 2 aromatic heterocycles. The zero-order valence-corrected chi connectivity index (χ0v) is 6.95. The molecule has 0 spiro atoms. The largest absolute Gasteiger partial charge is 0.360 e. The minimum Gasteiger partial charge on any atom is -0.360 e. The third-order valence-electron chi connectivity index (χ3n) is 1.97. The quantitative estimate of drug-likeness (QED) is 0.660. The smallest absolute Gasteiger partial charge is 0.178 e. The maximum Gasteiger partial charge on any atom is 0.178 e.